The van der Waals surface area contributed by atoms with Crippen LogP contribution in [0.3, 0.4) is 0 Å². The molecule has 8 nitrogen and oxygen atoms in total. The molecule has 2 aromatic heterocycles. The average Bonchev–Trinajstić information content (AvgIpc) is 3.19. The highest BCUT2D eigenvalue weighted by molar-refractivity contribution is 5.95. The van der Waals surface area contributed by atoms with E-state index in [1.165, 1.54) is 0 Å². The molecule has 0 radical (unpaired) electrons. The van der Waals surface area contributed by atoms with Crippen LogP contribution in [0.15, 0.2) is 54.7 Å². The molecule has 1 aliphatic heterocycles. The van der Waals surface area contributed by atoms with Crippen LogP contribution in [0.25, 0.3) is 17.2 Å². The summed E-state index contributed by atoms with van der Waals surface area (Å²) < 4.78 is 7.14. The van der Waals surface area contributed by atoms with Gasteiger partial charge in [0.1, 0.15) is 18.2 Å². The lowest BCUT2D eigenvalue weighted by Gasteiger charge is -2.24. The minimum Gasteiger partial charge on any atom is -0.481 e. The third-order valence-electron chi connectivity index (χ3n) is 5.77. The molecule has 8 heteroatoms. The van der Waals surface area contributed by atoms with Crippen molar-refractivity contribution in [3.8, 4) is 35.3 Å². The fraction of sp³-hybridized carbons (Fsp3) is 0.192. The van der Waals surface area contributed by atoms with Crippen molar-refractivity contribution in [2.75, 3.05) is 11.9 Å². The Morgan fingerprint density at radius 2 is 2.03 bits per heavy atom. The maximum Gasteiger partial charge on any atom is 0.272 e. The van der Waals surface area contributed by atoms with Crippen LogP contribution in [0.1, 0.15) is 34.7 Å². The molecule has 2 aromatic carbocycles. The van der Waals surface area contributed by atoms with Gasteiger partial charge in [-0.1, -0.05) is 47.9 Å². The number of nitrogens with one attached hydrogen (secondary N) is 1. The molecule has 1 N–H and O–H groups in total. The van der Waals surface area contributed by atoms with Gasteiger partial charge in [-0.05, 0) is 31.5 Å². The summed E-state index contributed by atoms with van der Waals surface area (Å²) >= 11 is 0. The van der Waals surface area contributed by atoms with Gasteiger partial charge in [-0.2, -0.15) is 14.9 Å². The highest BCUT2D eigenvalue weighted by atomic mass is 16.5. The number of hydrogen-bond donors (Lipinski definition) is 1. The lowest BCUT2D eigenvalue weighted by Crippen LogP contribution is -2.25. The maximum absolute atomic E-state index is 12.7. The van der Waals surface area contributed by atoms with Gasteiger partial charge in [-0.25, -0.2) is 4.98 Å². The van der Waals surface area contributed by atoms with Crippen molar-refractivity contribution in [2.45, 2.75) is 26.2 Å². The SMILES string of the molecule is C#CCOc1cccc(C2CC(=O)Nc3c2c(C)nn3-c2nncc(-c3ccc(C)cc3)n2)c1. The molecule has 1 unspecified atom stereocenters. The number of amides is 1. The molecule has 1 amide bonds. The Kier molecular flexibility index (Phi) is 5.52. The quantitative estimate of drug-likeness (QED) is 0.465. The molecule has 4 aromatic rings. The Morgan fingerprint density at radius 3 is 2.82 bits per heavy atom. The van der Waals surface area contributed by atoms with Crippen LogP contribution >= 0.6 is 0 Å². The Morgan fingerprint density at radius 1 is 1.21 bits per heavy atom. The zero-order valence-electron chi connectivity index (χ0n) is 18.8. The van der Waals surface area contributed by atoms with E-state index in [4.69, 9.17) is 11.2 Å². The fourth-order valence-electron chi connectivity index (χ4n) is 4.17. The third-order valence-corrected chi connectivity index (χ3v) is 5.77. The van der Waals surface area contributed by atoms with E-state index in [0.29, 0.717) is 23.7 Å². The van der Waals surface area contributed by atoms with Crippen LogP contribution in [0, 0.1) is 26.2 Å². The molecule has 34 heavy (non-hydrogen) atoms. The second kappa shape index (κ2) is 8.79. The summed E-state index contributed by atoms with van der Waals surface area (Å²) in [6.07, 6.45) is 7.22. The lowest BCUT2D eigenvalue weighted by atomic mass is 9.86. The van der Waals surface area contributed by atoms with Gasteiger partial charge >= 0.3 is 0 Å². The second-order valence-corrected chi connectivity index (χ2v) is 8.14. The number of rotatable bonds is 5. The molecule has 0 saturated heterocycles. The number of benzene rings is 2. The number of ether oxygens (including phenoxy) is 1. The number of terminal acetylenes is 1. The number of aromatic nitrogens is 5. The second-order valence-electron chi connectivity index (χ2n) is 8.14. The number of anilines is 1. The van der Waals surface area contributed by atoms with Gasteiger partial charge in [0, 0.05) is 23.5 Å². The monoisotopic (exact) mass is 450 g/mol. The van der Waals surface area contributed by atoms with E-state index in [2.05, 4.69) is 31.5 Å². The standard InChI is InChI=1S/C26H22N6O2/c1-4-12-34-20-7-5-6-19(13-20)21-14-23(33)29-25-24(21)17(3)31-32(25)26-28-22(15-27-30-26)18-10-8-16(2)9-11-18/h1,5-11,13,15,21H,12,14H2,2-3H3,(H,29,33). The predicted molar refractivity (Wildman–Crippen MR) is 128 cm³/mol. The summed E-state index contributed by atoms with van der Waals surface area (Å²) in [6, 6.07) is 15.6. The van der Waals surface area contributed by atoms with E-state index in [-0.39, 0.29) is 24.4 Å². The minimum absolute atomic E-state index is 0.115. The predicted octanol–water partition coefficient (Wildman–Crippen LogP) is 3.83. The van der Waals surface area contributed by atoms with Crippen molar-refractivity contribution in [2.24, 2.45) is 0 Å². The molecule has 0 bridgehead atoms. The van der Waals surface area contributed by atoms with E-state index in [1.54, 1.807) is 10.9 Å². The first-order chi connectivity index (χ1) is 16.5. The smallest absolute Gasteiger partial charge is 0.272 e. The van der Waals surface area contributed by atoms with E-state index in [0.717, 1.165) is 27.9 Å². The number of fused-ring (bicyclic) bond motifs is 1. The summed E-state index contributed by atoms with van der Waals surface area (Å²) in [4.78, 5) is 17.4. The topological polar surface area (TPSA) is 94.8 Å². The third kappa shape index (κ3) is 3.99. The van der Waals surface area contributed by atoms with Crippen molar-refractivity contribution < 1.29 is 9.53 Å². The van der Waals surface area contributed by atoms with Crippen LogP contribution in [0.5, 0.6) is 5.75 Å². The Bertz CT molecular complexity index is 1420. The van der Waals surface area contributed by atoms with E-state index in [9.17, 15) is 4.79 Å². The molecule has 0 fully saturated rings. The molecule has 3 heterocycles. The van der Waals surface area contributed by atoms with Gasteiger partial charge in [-0.3, -0.25) is 4.79 Å². The number of hydrogen-bond acceptors (Lipinski definition) is 6. The Balaban J connectivity index is 1.56. The first-order valence-corrected chi connectivity index (χ1v) is 10.9. The fourth-order valence-corrected chi connectivity index (χ4v) is 4.17. The minimum atomic E-state index is -0.194. The number of aryl methyl sites for hydroxylation is 2. The zero-order chi connectivity index (χ0) is 23.7. The molecular weight excluding hydrogens is 428 g/mol. The number of carbonyl (C=O) groups is 1. The van der Waals surface area contributed by atoms with Crippen molar-refractivity contribution in [1.82, 2.24) is 25.0 Å². The van der Waals surface area contributed by atoms with Crippen molar-refractivity contribution in [1.29, 1.82) is 0 Å². The van der Waals surface area contributed by atoms with E-state index in [1.807, 2.05) is 62.4 Å². The summed E-state index contributed by atoms with van der Waals surface area (Å²) in [5, 5.41) is 16.0. The van der Waals surface area contributed by atoms with Crippen molar-refractivity contribution in [3.63, 3.8) is 0 Å². The van der Waals surface area contributed by atoms with Crippen LogP contribution in [0.2, 0.25) is 0 Å². The molecule has 0 spiro atoms. The zero-order valence-corrected chi connectivity index (χ0v) is 18.8. The highest BCUT2D eigenvalue weighted by Crippen LogP contribution is 2.40. The summed E-state index contributed by atoms with van der Waals surface area (Å²) in [6.45, 7) is 4.12. The Hall–Kier alpha value is -4.51. The first kappa shape index (κ1) is 21.3. The first-order valence-electron chi connectivity index (χ1n) is 10.9. The molecular formula is C26H22N6O2. The van der Waals surface area contributed by atoms with Gasteiger partial charge in [0.25, 0.3) is 5.95 Å². The summed E-state index contributed by atoms with van der Waals surface area (Å²) in [5.74, 6) is 3.66. The molecule has 0 aliphatic carbocycles. The molecule has 1 aliphatic rings. The normalized spacial score (nSPS) is 14.7. The van der Waals surface area contributed by atoms with Crippen LogP contribution < -0.4 is 10.1 Å². The highest BCUT2D eigenvalue weighted by Gasteiger charge is 2.33. The van der Waals surface area contributed by atoms with Gasteiger partial charge < -0.3 is 10.1 Å². The molecule has 5 rings (SSSR count). The van der Waals surface area contributed by atoms with E-state index >= 15 is 0 Å². The van der Waals surface area contributed by atoms with Crippen molar-refractivity contribution >= 4 is 11.7 Å². The molecule has 0 saturated carbocycles. The summed E-state index contributed by atoms with van der Waals surface area (Å²) in [5.41, 5.74) is 5.39. The maximum atomic E-state index is 12.7. The van der Waals surface area contributed by atoms with Crippen LogP contribution in [-0.2, 0) is 4.79 Å². The molecule has 1 atom stereocenters. The van der Waals surface area contributed by atoms with Crippen LogP contribution in [-0.4, -0.2) is 37.5 Å². The van der Waals surface area contributed by atoms with Gasteiger partial charge in [0.15, 0.2) is 0 Å². The summed E-state index contributed by atoms with van der Waals surface area (Å²) in [7, 11) is 0. The van der Waals surface area contributed by atoms with Crippen molar-refractivity contribution in [3.05, 3.63) is 77.1 Å². The lowest BCUT2D eigenvalue weighted by molar-refractivity contribution is -0.116. The van der Waals surface area contributed by atoms with Gasteiger partial charge in [-0.15, -0.1) is 11.5 Å². The largest absolute Gasteiger partial charge is 0.481 e. The van der Waals surface area contributed by atoms with Gasteiger partial charge in [0.05, 0.1) is 17.6 Å². The average molecular weight is 451 g/mol. The molecule has 168 valence electrons. The Labute approximate surface area is 197 Å². The van der Waals surface area contributed by atoms with E-state index < -0.39 is 0 Å². The van der Waals surface area contributed by atoms with Gasteiger partial charge in [0.2, 0.25) is 5.91 Å². The number of carbonyl (C=O) groups excluding carboxylic acids is 1. The van der Waals surface area contributed by atoms with Crippen LogP contribution in [0.4, 0.5) is 5.82 Å². The number of nitrogens with zero attached hydrogens (tertiary/aromatic N) is 5.